The second kappa shape index (κ2) is 6.26. The Hall–Kier alpha value is -2.23. The van der Waals surface area contributed by atoms with Crippen LogP contribution in [0.4, 0.5) is 5.88 Å². The SMILES string of the molecule is Oc1ccccc1/C=N/c1ccc(-c2ccc(Cl)c(Cl)c2)o1. The molecule has 0 bridgehead atoms. The Bertz CT molecular complexity index is 840. The van der Waals surface area contributed by atoms with Gasteiger partial charge in [-0.3, -0.25) is 0 Å². The molecule has 0 unspecified atom stereocenters. The zero-order chi connectivity index (χ0) is 15.5. The van der Waals surface area contributed by atoms with Crippen LogP contribution in [0.1, 0.15) is 5.56 Å². The number of phenolic OH excluding ortho intramolecular Hbond substituents is 1. The van der Waals surface area contributed by atoms with E-state index in [4.69, 9.17) is 27.6 Å². The molecule has 0 saturated heterocycles. The number of furan rings is 1. The summed E-state index contributed by atoms with van der Waals surface area (Å²) < 4.78 is 5.64. The first-order valence-electron chi connectivity index (χ1n) is 6.51. The average Bonchev–Trinajstić information content (AvgIpc) is 2.98. The number of aliphatic imine (C=N–C) groups is 1. The van der Waals surface area contributed by atoms with Gasteiger partial charge in [-0.1, -0.05) is 35.3 Å². The molecule has 0 aliphatic heterocycles. The highest BCUT2D eigenvalue weighted by molar-refractivity contribution is 6.42. The Morgan fingerprint density at radius 2 is 1.77 bits per heavy atom. The molecule has 0 saturated carbocycles. The zero-order valence-electron chi connectivity index (χ0n) is 11.3. The first-order valence-corrected chi connectivity index (χ1v) is 7.26. The summed E-state index contributed by atoms with van der Waals surface area (Å²) in [5.74, 6) is 1.25. The molecule has 0 aliphatic rings. The minimum Gasteiger partial charge on any atom is -0.507 e. The smallest absolute Gasteiger partial charge is 0.219 e. The fourth-order valence-corrected chi connectivity index (χ4v) is 2.23. The van der Waals surface area contributed by atoms with Crippen molar-refractivity contribution < 1.29 is 9.52 Å². The van der Waals surface area contributed by atoms with E-state index in [1.54, 1.807) is 48.7 Å². The molecule has 2 aromatic carbocycles. The normalized spacial score (nSPS) is 11.2. The molecule has 1 aromatic heterocycles. The lowest BCUT2D eigenvalue weighted by atomic mass is 10.2. The van der Waals surface area contributed by atoms with Gasteiger partial charge in [-0.15, -0.1) is 0 Å². The molecule has 0 aliphatic carbocycles. The van der Waals surface area contributed by atoms with E-state index in [1.807, 2.05) is 12.1 Å². The summed E-state index contributed by atoms with van der Waals surface area (Å²) in [5.41, 5.74) is 1.44. The van der Waals surface area contributed by atoms with Crippen LogP contribution in [-0.4, -0.2) is 11.3 Å². The first kappa shape index (κ1) is 14.7. The van der Waals surface area contributed by atoms with E-state index < -0.39 is 0 Å². The van der Waals surface area contributed by atoms with E-state index in [0.29, 0.717) is 27.3 Å². The van der Waals surface area contributed by atoms with Crippen molar-refractivity contribution in [2.24, 2.45) is 4.99 Å². The third kappa shape index (κ3) is 3.16. The van der Waals surface area contributed by atoms with Crippen LogP contribution < -0.4 is 0 Å². The Morgan fingerprint density at radius 3 is 2.55 bits per heavy atom. The van der Waals surface area contributed by atoms with E-state index in [-0.39, 0.29) is 5.75 Å². The molecular weight excluding hydrogens is 321 g/mol. The van der Waals surface area contributed by atoms with Crippen molar-refractivity contribution in [1.82, 2.24) is 0 Å². The molecule has 3 aromatic rings. The molecule has 0 radical (unpaired) electrons. The summed E-state index contributed by atoms with van der Waals surface area (Å²) in [4.78, 5) is 4.21. The Kier molecular flexibility index (Phi) is 4.18. The van der Waals surface area contributed by atoms with Crippen molar-refractivity contribution in [3.63, 3.8) is 0 Å². The average molecular weight is 332 g/mol. The number of phenols is 1. The van der Waals surface area contributed by atoms with Crippen LogP contribution in [0.2, 0.25) is 10.0 Å². The molecule has 0 spiro atoms. The fraction of sp³-hybridized carbons (Fsp3) is 0. The van der Waals surface area contributed by atoms with E-state index in [9.17, 15) is 5.11 Å². The van der Waals surface area contributed by atoms with Crippen LogP contribution in [0.25, 0.3) is 11.3 Å². The van der Waals surface area contributed by atoms with Crippen molar-refractivity contribution >= 4 is 35.3 Å². The molecular formula is C17H11Cl2NO2. The predicted molar refractivity (Wildman–Crippen MR) is 89.5 cm³/mol. The standard InChI is InChI=1S/C17H11Cl2NO2/c18-13-6-5-11(9-14(13)19)16-7-8-17(22-16)20-10-12-3-1-2-4-15(12)21/h1-10,21H/b20-10+. The number of hydrogen-bond acceptors (Lipinski definition) is 3. The highest BCUT2D eigenvalue weighted by atomic mass is 35.5. The Labute approximate surface area is 137 Å². The molecule has 0 amide bonds. The molecule has 0 fully saturated rings. The lowest BCUT2D eigenvalue weighted by Crippen LogP contribution is -1.79. The minimum atomic E-state index is 0.169. The highest BCUT2D eigenvalue weighted by Crippen LogP contribution is 2.31. The molecule has 5 heteroatoms. The van der Waals surface area contributed by atoms with Crippen molar-refractivity contribution in [3.8, 4) is 17.1 Å². The van der Waals surface area contributed by atoms with Crippen LogP contribution in [0.3, 0.4) is 0 Å². The summed E-state index contributed by atoms with van der Waals surface area (Å²) in [7, 11) is 0. The van der Waals surface area contributed by atoms with Crippen LogP contribution in [0.15, 0.2) is 64.0 Å². The second-order valence-corrected chi connectivity index (χ2v) is 5.40. The van der Waals surface area contributed by atoms with Gasteiger partial charge in [0.05, 0.1) is 10.0 Å². The van der Waals surface area contributed by atoms with Gasteiger partial charge in [0, 0.05) is 23.4 Å². The minimum absolute atomic E-state index is 0.169. The fourth-order valence-electron chi connectivity index (χ4n) is 1.93. The summed E-state index contributed by atoms with van der Waals surface area (Å²) in [6.07, 6.45) is 1.55. The number of para-hydroxylation sites is 1. The Balaban J connectivity index is 1.85. The van der Waals surface area contributed by atoms with Crippen LogP contribution >= 0.6 is 23.2 Å². The lowest BCUT2D eigenvalue weighted by Gasteiger charge is -1.99. The van der Waals surface area contributed by atoms with Gasteiger partial charge >= 0.3 is 0 Å². The summed E-state index contributed by atoms with van der Waals surface area (Å²) >= 11 is 11.9. The molecule has 1 N–H and O–H groups in total. The molecule has 110 valence electrons. The third-order valence-corrected chi connectivity index (χ3v) is 3.80. The topological polar surface area (TPSA) is 45.7 Å². The second-order valence-electron chi connectivity index (χ2n) is 4.58. The van der Waals surface area contributed by atoms with Crippen molar-refractivity contribution in [2.45, 2.75) is 0 Å². The quantitative estimate of drug-likeness (QED) is 0.624. The first-order chi connectivity index (χ1) is 10.6. The third-order valence-electron chi connectivity index (χ3n) is 3.06. The number of nitrogens with zero attached hydrogens (tertiary/aromatic N) is 1. The van der Waals surface area contributed by atoms with Gasteiger partial charge in [-0.25, -0.2) is 4.99 Å². The summed E-state index contributed by atoms with van der Waals surface area (Å²) in [6.45, 7) is 0. The van der Waals surface area contributed by atoms with Crippen LogP contribution in [-0.2, 0) is 0 Å². The summed E-state index contributed by atoms with van der Waals surface area (Å²) in [6, 6.07) is 15.8. The molecule has 0 atom stereocenters. The van der Waals surface area contributed by atoms with Gasteiger partial charge in [0.25, 0.3) is 0 Å². The van der Waals surface area contributed by atoms with Gasteiger partial charge in [-0.2, -0.15) is 0 Å². The van der Waals surface area contributed by atoms with E-state index in [1.165, 1.54) is 0 Å². The van der Waals surface area contributed by atoms with Crippen molar-refractivity contribution in [1.29, 1.82) is 0 Å². The van der Waals surface area contributed by atoms with Gasteiger partial charge in [0.15, 0.2) is 0 Å². The number of aromatic hydroxyl groups is 1. The van der Waals surface area contributed by atoms with E-state index in [2.05, 4.69) is 4.99 Å². The van der Waals surface area contributed by atoms with Gasteiger partial charge < -0.3 is 9.52 Å². The highest BCUT2D eigenvalue weighted by Gasteiger charge is 2.06. The van der Waals surface area contributed by atoms with Gasteiger partial charge in [0.2, 0.25) is 5.88 Å². The largest absolute Gasteiger partial charge is 0.507 e. The number of hydrogen-bond donors (Lipinski definition) is 1. The molecule has 1 heterocycles. The van der Waals surface area contributed by atoms with E-state index >= 15 is 0 Å². The maximum Gasteiger partial charge on any atom is 0.219 e. The lowest BCUT2D eigenvalue weighted by molar-refractivity contribution is 0.474. The maximum atomic E-state index is 9.68. The molecule has 3 rings (SSSR count). The van der Waals surface area contributed by atoms with Gasteiger partial charge in [-0.05, 0) is 36.4 Å². The van der Waals surface area contributed by atoms with Crippen LogP contribution in [0, 0.1) is 0 Å². The molecule has 22 heavy (non-hydrogen) atoms. The van der Waals surface area contributed by atoms with E-state index in [0.717, 1.165) is 5.56 Å². The monoisotopic (exact) mass is 331 g/mol. The number of halogens is 2. The van der Waals surface area contributed by atoms with Crippen molar-refractivity contribution in [3.05, 3.63) is 70.2 Å². The molecule has 3 nitrogen and oxygen atoms in total. The van der Waals surface area contributed by atoms with Gasteiger partial charge in [0.1, 0.15) is 11.5 Å². The Morgan fingerprint density at radius 1 is 0.955 bits per heavy atom. The summed E-state index contributed by atoms with van der Waals surface area (Å²) in [5, 5.41) is 10.6. The maximum absolute atomic E-state index is 9.68. The number of benzene rings is 2. The zero-order valence-corrected chi connectivity index (χ0v) is 12.8. The van der Waals surface area contributed by atoms with Crippen molar-refractivity contribution in [2.75, 3.05) is 0 Å². The van der Waals surface area contributed by atoms with Crippen LogP contribution in [0.5, 0.6) is 5.75 Å². The number of rotatable bonds is 3. The predicted octanol–water partition coefficient (Wildman–Crippen LogP) is 5.71.